The maximum atomic E-state index is 12.9. The van der Waals surface area contributed by atoms with Gasteiger partial charge < -0.3 is 9.74 Å². The first kappa shape index (κ1) is 19.4. The Bertz CT molecular complexity index is 912. The molecule has 0 radical (unpaired) electrons. The molecule has 3 rings (SSSR count). The number of hydrogen-bond donors (Lipinski definition) is 0. The zero-order chi connectivity index (χ0) is 19.4. The van der Waals surface area contributed by atoms with Gasteiger partial charge in [-0.3, -0.25) is 4.79 Å². The van der Waals surface area contributed by atoms with Gasteiger partial charge in [-0.1, -0.05) is 66.0 Å². The van der Waals surface area contributed by atoms with E-state index in [1.54, 1.807) is 35.2 Å². The van der Waals surface area contributed by atoms with Crippen LogP contribution in [0.4, 0.5) is 5.69 Å². The summed E-state index contributed by atoms with van der Waals surface area (Å²) in [6.07, 6.45) is 1.87. The smallest absolute Gasteiger partial charge is 0.317 e. The molecule has 0 bridgehead atoms. The van der Waals surface area contributed by atoms with Gasteiger partial charge in [0.25, 0.3) is 5.91 Å². The predicted octanol–water partition coefficient (Wildman–Crippen LogP) is 4.98. The Balaban J connectivity index is 1.87. The monoisotopic (exact) mass is 404 g/mol. The number of unbranched alkanes of at least 4 members (excludes halogenated alkanes) is 1. The fourth-order valence-corrected chi connectivity index (χ4v) is 3.26. The van der Waals surface area contributed by atoms with E-state index in [0.717, 1.165) is 18.4 Å². The number of hydrogen-bond acceptors (Lipinski definition) is 4. The Morgan fingerprint density at radius 2 is 1.96 bits per heavy atom. The number of rotatable bonds is 6. The average Bonchev–Trinajstić information content (AvgIpc) is 2.92. The van der Waals surface area contributed by atoms with E-state index in [4.69, 9.17) is 28.0 Å². The first-order chi connectivity index (χ1) is 13.0. The first-order valence-electron chi connectivity index (χ1n) is 8.64. The Kier molecular flexibility index (Phi) is 6.14. The zero-order valence-electron chi connectivity index (χ0n) is 14.7. The molecule has 2 aromatic rings. The van der Waals surface area contributed by atoms with Crippen LogP contribution in [0.15, 0.2) is 47.6 Å². The highest BCUT2D eigenvalue weighted by atomic mass is 35.5. The number of nitrogens with zero attached hydrogens (tertiary/aromatic N) is 2. The fraction of sp³-hybridized carbons (Fsp3) is 0.250. The van der Waals surface area contributed by atoms with E-state index in [1.165, 1.54) is 0 Å². The number of amides is 1. The van der Waals surface area contributed by atoms with Crippen molar-refractivity contribution in [2.45, 2.75) is 32.7 Å². The Hall–Kier alpha value is -2.37. The van der Waals surface area contributed by atoms with Crippen LogP contribution in [0.3, 0.4) is 0 Å². The number of benzene rings is 2. The summed E-state index contributed by atoms with van der Waals surface area (Å²) in [5.74, 6) is -0.792. The van der Waals surface area contributed by atoms with Crippen LogP contribution >= 0.6 is 23.2 Å². The van der Waals surface area contributed by atoms with Crippen molar-refractivity contribution in [2.24, 2.45) is 5.16 Å². The van der Waals surface area contributed by atoms with Crippen LogP contribution in [0.5, 0.6) is 0 Å². The fourth-order valence-electron chi connectivity index (χ4n) is 2.79. The summed E-state index contributed by atoms with van der Waals surface area (Å²) in [6, 6.07) is 12.4. The van der Waals surface area contributed by atoms with Gasteiger partial charge in [0.05, 0.1) is 12.2 Å². The van der Waals surface area contributed by atoms with Gasteiger partial charge in [0.15, 0.2) is 5.71 Å². The second-order valence-electron chi connectivity index (χ2n) is 6.15. The summed E-state index contributed by atoms with van der Waals surface area (Å²) in [5, 5.41) is 4.85. The molecule has 0 unspecified atom stereocenters. The molecular weight excluding hydrogens is 387 g/mol. The van der Waals surface area contributed by atoms with Crippen LogP contribution in [0, 0.1) is 0 Å². The van der Waals surface area contributed by atoms with Crippen molar-refractivity contribution >= 4 is 46.5 Å². The van der Waals surface area contributed by atoms with E-state index < -0.39 is 5.97 Å². The molecule has 0 saturated heterocycles. The first-order valence-corrected chi connectivity index (χ1v) is 9.40. The summed E-state index contributed by atoms with van der Waals surface area (Å²) in [5.41, 5.74) is 2.18. The lowest BCUT2D eigenvalue weighted by atomic mass is 10.1. The molecule has 0 spiro atoms. The van der Waals surface area contributed by atoms with Gasteiger partial charge in [0, 0.05) is 22.0 Å². The molecule has 1 aliphatic heterocycles. The molecule has 0 fully saturated rings. The average molecular weight is 405 g/mol. The molecule has 1 aliphatic rings. The number of fused-ring (bicyclic) bond motifs is 1. The molecule has 5 nitrogen and oxygen atoms in total. The van der Waals surface area contributed by atoms with Gasteiger partial charge in [-0.25, -0.2) is 4.79 Å². The number of halogens is 2. The Morgan fingerprint density at radius 1 is 1.19 bits per heavy atom. The van der Waals surface area contributed by atoms with Crippen LogP contribution < -0.4 is 4.90 Å². The largest absolute Gasteiger partial charge is 0.335 e. The second-order valence-corrected chi connectivity index (χ2v) is 6.99. The standard InChI is InChI=1S/C20H18Cl2N2O3/c1-2-3-8-18(25)27-23-19-15-6-4-5-7-17(15)24(20(19)26)12-13-9-10-14(21)11-16(13)22/h4-7,9-11H,2-3,8,12H2,1H3. The molecule has 0 saturated carbocycles. The molecule has 1 amide bonds. The van der Waals surface area contributed by atoms with Crippen LogP contribution in [0.25, 0.3) is 0 Å². The van der Waals surface area contributed by atoms with Crippen molar-refractivity contribution < 1.29 is 14.4 Å². The van der Waals surface area contributed by atoms with E-state index in [1.807, 2.05) is 19.1 Å². The van der Waals surface area contributed by atoms with E-state index in [9.17, 15) is 9.59 Å². The summed E-state index contributed by atoms with van der Waals surface area (Å²) < 4.78 is 0. The lowest BCUT2D eigenvalue weighted by Crippen LogP contribution is -2.30. The molecule has 0 N–H and O–H groups in total. The van der Waals surface area contributed by atoms with Crippen molar-refractivity contribution in [2.75, 3.05) is 4.90 Å². The van der Waals surface area contributed by atoms with Gasteiger partial charge >= 0.3 is 5.97 Å². The van der Waals surface area contributed by atoms with Gasteiger partial charge in [-0.15, -0.1) is 0 Å². The molecule has 0 atom stereocenters. The van der Waals surface area contributed by atoms with E-state index in [0.29, 0.717) is 21.3 Å². The van der Waals surface area contributed by atoms with Crippen molar-refractivity contribution in [1.29, 1.82) is 0 Å². The highest BCUT2D eigenvalue weighted by Gasteiger charge is 2.35. The number of carbonyl (C=O) groups is 2. The van der Waals surface area contributed by atoms with Crippen molar-refractivity contribution in [3.63, 3.8) is 0 Å². The van der Waals surface area contributed by atoms with Gasteiger partial charge in [0.2, 0.25) is 0 Å². The molecule has 7 heteroatoms. The summed E-state index contributed by atoms with van der Waals surface area (Å²) >= 11 is 12.2. The highest BCUT2D eigenvalue weighted by molar-refractivity contribution is 6.54. The van der Waals surface area contributed by atoms with Crippen molar-refractivity contribution in [3.8, 4) is 0 Å². The third-order valence-corrected chi connectivity index (χ3v) is 4.80. The quantitative estimate of drug-likeness (QED) is 0.503. The van der Waals surface area contributed by atoms with Crippen molar-refractivity contribution in [3.05, 3.63) is 63.6 Å². The van der Waals surface area contributed by atoms with Crippen LogP contribution in [0.1, 0.15) is 37.3 Å². The molecule has 0 aliphatic carbocycles. The maximum absolute atomic E-state index is 12.9. The number of oxime groups is 1. The normalized spacial score (nSPS) is 14.6. The van der Waals surface area contributed by atoms with Crippen LogP contribution in [-0.4, -0.2) is 17.6 Å². The molecular formula is C20H18Cl2N2O3. The number of para-hydroxylation sites is 1. The van der Waals surface area contributed by atoms with E-state index in [2.05, 4.69) is 5.16 Å². The van der Waals surface area contributed by atoms with Crippen LogP contribution in [0.2, 0.25) is 10.0 Å². The Labute approximate surface area is 167 Å². The van der Waals surface area contributed by atoms with E-state index in [-0.39, 0.29) is 24.6 Å². The molecule has 0 aromatic heterocycles. The third-order valence-electron chi connectivity index (χ3n) is 4.21. The maximum Gasteiger partial charge on any atom is 0.335 e. The minimum Gasteiger partial charge on any atom is -0.317 e. The summed E-state index contributed by atoms with van der Waals surface area (Å²) in [4.78, 5) is 31.2. The number of carbonyl (C=O) groups excluding carboxylic acids is 2. The van der Waals surface area contributed by atoms with Crippen LogP contribution in [-0.2, 0) is 21.0 Å². The molecule has 140 valence electrons. The third kappa shape index (κ3) is 4.31. The molecule has 2 aromatic carbocycles. The Morgan fingerprint density at radius 3 is 2.70 bits per heavy atom. The minimum atomic E-state index is -0.450. The topological polar surface area (TPSA) is 59.0 Å². The predicted molar refractivity (Wildman–Crippen MR) is 106 cm³/mol. The number of anilines is 1. The molecule has 27 heavy (non-hydrogen) atoms. The second kappa shape index (κ2) is 8.55. The zero-order valence-corrected chi connectivity index (χ0v) is 16.3. The lowest BCUT2D eigenvalue weighted by molar-refractivity contribution is -0.143. The SMILES string of the molecule is CCCCC(=O)ON=C1C(=O)N(Cc2ccc(Cl)cc2Cl)c2ccccc21. The summed E-state index contributed by atoms with van der Waals surface area (Å²) in [7, 11) is 0. The van der Waals surface area contributed by atoms with Crippen molar-refractivity contribution in [1.82, 2.24) is 0 Å². The highest BCUT2D eigenvalue weighted by Crippen LogP contribution is 2.32. The van der Waals surface area contributed by atoms with Gasteiger partial charge in [-0.05, 0) is 30.2 Å². The summed E-state index contributed by atoms with van der Waals surface area (Å²) in [6.45, 7) is 2.24. The van der Waals surface area contributed by atoms with Gasteiger partial charge in [0.1, 0.15) is 0 Å². The molecule has 1 heterocycles. The lowest BCUT2D eigenvalue weighted by Gasteiger charge is -2.17. The van der Waals surface area contributed by atoms with Gasteiger partial charge in [-0.2, -0.15) is 0 Å². The van der Waals surface area contributed by atoms with E-state index >= 15 is 0 Å². The minimum absolute atomic E-state index is 0.112.